The summed E-state index contributed by atoms with van der Waals surface area (Å²) in [5, 5.41) is 2.36. The van der Waals surface area contributed by atoms with Crippen LogP contribution < -0.4 is 5.32 Å². The summed E-state index contributed by atoms with van der Waals surface area (Å²) in [5.41, 5.74) is -3.86. The highest BCUT2D eigenvalue weighted by Crippen LogP contribution is 2.33. The van der Waals surface area contributed by atoms with Gasteiger partial charge in [0.15, 0.2) is 0 Å². The molecule has 0 spiro atoms. The third-order valence-corrected chi connectivity index (χ3v) is 2.60. The van der Waals surface area contributed by atoms with Gasteiger partial charge in [-0.1, -0.05) is 0 Å². The number of nitrogens with zero attached hydrogens (tertiary/aromatic N) is 1. The van der Waals surface area contributed by atoms with Gasteiger partial charge in [-0.05, 0) is 36.4 Å². The van der Waals surface area contributed by atoms with Gasteiger partial charge >= 0.3 is 18.5 Å². The average molecular weight is 366 g/mol. The van der Waals surface area contributed by atoms with Crippen LogP contribution in [0.2, 0.25) is 0 Å². The normalized spacial score (nSPS) is 13.5. The van der Waals surface area contributed by atoms with Gasteiger partial charge in [-0.2, -0.15) is 39.5 Å². The van der Waals surface area contributed by atoms with Crippen molar-refractivity contribution < 1.29 is 39.5 Å². The van der Waals surface area contributed by atoms with Crippen molar-refractivity contribution in [2.75, 3.05) is 6.54 Å². The lowest BCUT2D eigenvalue weighted by atomic mass is 10.1. The number of hydrogen-bond acceptors (Lipinski definition) is 2. The van der Waals surface area contributed by atoms with Crippen LogP contribution in [0.15, 0.2) is 18.3 Å². The standard InChI is InChI=1S/C13H11F9N2/c14-11(15,16)3-1-4-23-5-2-8-6-9(12(17,18)19)24-10(7-8)13(20,21)22/h2,5-7,23H,1,3-4H2/b5-2+. The fourth-order valence-corrected chi connectivity index (χ4v) is 1.57. The molecule has 1 aromatic heterocycles. The van der Waals surface area contributed by atoms with Gasteiger partial charge in [0.05, 0.1) is 0 Å². The SMILES string of the molecule is FC(F)(F)CCCN/C=C/c1cc(C(F)(F)F)nc(C(F)(F)F)c1. The second-order valence-electron chi connectivity index (χ2n) is 4.67. The Hall–Kier alpha value is -1.94. The predicted molar refractivity (Wildman–Crippen MR) is 66.6 cm³/mol. The zero-order chi connectivity index (χ0) is 18.6. The Kier molecular flexibility index (Phi) is 6.12. The van der Waals surface area contributed by atoms with Crippen LogP contribution in [0.5, 0.6) is 0 Å². The molecule has 0 unspecified atom stereocenters. The Balaban J connectivity index is 2.82. The molecule has 0 saturated heterocycles. The highest BCUT2D eigenvalue weighted by Gasteiger charge is 2.38. The van der Waals surface area contributed by atoms with Crippen molar-refractivity contribution in [3.05, 3.63) is 35.3 Å². The van der Waals surface area contributed by atoms with Gasteiger partial charge in [0.25, 0.3) is 0 Å². The quantitative estimate of drug-likeness (QED) is 0.585. The maximum Gasteiger partial charge on any atom is 0.433 e. The van der Waals surface area contributed by atoms with Crippen LogP contribution in [0.3, 0.4) is 0 Å². The first kappa shape index (κ1) is 20.1. The molecule has 2 nitrogen and oxygen atoms in total. The smallest absolute Gasteiger partial charge is 0.391 e. The molecule has 0 bridgehead atoms. The maximum absolute atomic E-state index is 12.6. The fourth-order valence-electron chi connectivity index (χ4n) is 1.57. The van der Waals surface area contributed by atoms with E-state index < -0.39 is 41.9 Å². The third-order valence-electron chi connectivity index (χ3n) is 2.60. The van der Waals surface area contributed by atoms with E-state index in [1.54, 1.807) is 0 Å². The first-order valence-electron chi connectivity index (χ1n) is 6.42. The van der Waals surface area contributed by atoms with Crippen LogP contribution >= 0.6 is 0 Å². The van der Waals surface area contributed by atoms with E-state index in [0.29, 0.717) is 12.1 Å². The van der Waals surface area contributed by atoms with E-state index in [0.717, 1.165) is 12.3 Å². The zero-order valence-corrected chi connectivity index (χ0v) is 11.8. The van der Waals surface area contributed by atoms with Crippen LogP contribution in [-0.4, -0.2) is 17.7 Å². The van der Waals surface area contributed by atoms with Crippen molar-refractivity contribution in [2.24, 2.45) is 0 Å². The monoisotopic (exact) mass is 366 g/mol. The predicted octanol–water partition coefficient (Wildman–Crippen LogP) is 5.02. The molecule has 11 heteroatoms. The minimum Gasteiger partial charge on any atom is -0.391 e. The van der Waals surface area contributed by atoms with Crippen LogP contribution in [0.25, 0.3) is 6.08 Å². The Morgan fingerprint density at radius 2 is 1.38 bits per heavy atom. The van der Waals surface area contributed by atoms with Crippen molar-refractivity contribution in [3.8, 4) is 0 Å². The molecule has 136 valence electrons. The summed E-state index contributed by atoms with van der Waals surface area (Å²) in [5.74, 6) is 0. The number of pyridine rings is 1. The number of halogens is 9. The van der Waals surface area contributed by atoms with E-state index in [2.05, 4.69) is 10.3 Å². The molecular formula is C13H11F9N2. The Morgan fingerprint density at radius 1 is 0.875 bits per heavy atom. The summed E-state index contributed by atoms with van der Waals surface area (Å²) in [6.07, 6.45) is -13.9. The van der Waals surface area contributed by atoms with Crippen LogP contribution in [0.1, 0.15) is 29.8 Å². The number of nitrogens with one attached hydrogen (secondary N) is 1. The van der Waals surface area contributed by atoms with Crippen molar-refractivity contribution in [3.63, 3.8) is 0 Å². The lowest BCUT2D eigenvalue weighted by molar-refractivity contribution is -0.150. The number of rotatable bonds is 5. The molecule has 1 aromatic rings. The molecule has 0 radical (unpaired) electrons. The summed E-state index contributed by atoms with van der Waals surface area (Å²) in [4.78, 5) is 2.53. The molecule has 0 aliphatic heterocycles. The molecule has 0 saturated carbocycles. The van der Waals surface area contributed by atoms with Crippen molar-refractivity contribution in [1.29, 1.82) is 0 Å². The molecule has 1 N–H and O–H groups in total. The minimum absolute atomic E-state index is 0.140. The van der Waals surface area contributed by atoms with Gasteiger partial charge in [-0.15, -0.1) is 0 Å². The Morgan fingerprint density at radius 3 is 1.79 bits per heavy atom. The lowest BCUT2D eigenvalue weighted by Gasteiger charge is -2.11. The molecular weight excluding hydrogens is 355 g/mol. The van der Waals surface area contributed by atoms with Crippen LogP contribution in [0.4, 0.5) is 39.5 Å². The molecule has 0 atom stereocenters. The van der Waals surface area contributed by atoms with Gasteiger partial charge in [0, 0.05) is 13.0 Å². The van der Waals surface area contributed by atoms with E-state index in [4.69, 9.17) is 0 Å². The molecule has 0 aliphatic rings. The first-order chi connectivity index (χ1) is 10.8. The van der Waals surface area contributed by atoms with Gasteiger partial charge in [0.2, 0.25) is 0 Å². The van der Waals surface area contributed by atoms with Gasteiger partial charge in [0.1, 0.15) is 11.4 Å². The average Bonchev–Trinajstić information content (AvgIpc) is 2.39. The van der Waals surface area contributed by atoms with Gasteiger partial charge < -0.3 is 5.32 Å². The van der Waals surface area contributed by atoms with E-state index in [-0.39, 0.29) is 13.0 Å². The fraction of sp³-hybridized carbons (Fsp3) is 0.462. The summed E-state index contributed by atoms with van der Waals surface area (Å²) < 4.78 is 111. The summed E-state index contributed by atoms with van der Waals surface area (Å²) in [7, 11) is 0. The van der Waals surface area contributed by atoms with Gasteiger partial charge in [-0.25, -0.2) is 4.98 Å². The summed E-state index contributed by atoms with van der Waals surface area (Å²) in [6.45, 7) is -0.140. The number of hydrogen-bond donors (Lipinski definition) is 1. The van der Waals surface area contributed by atoms with Crippen LogP contribution in [-0.2, 0) is 12.4 Å². The highest BCUT2D eigenvalue weighted by molar-refractivity contribution is 5.50. The van der Waals surface area contributed by atoms with Crippen LogP contribution in [0, 0.1) is 0 Å². The topological polar surface area (TPSA) is 24.9 Å². The summed E-state index contributed by atoms with van der Waals surface area (Å²) >= 11 is 0. The second-order valence-corrected chi connectivity index (χ2v) is 4.67. The van der Waals surface area contributed by atoms with E-state index in [9.17, 15) is 39.5 Å². The summed E-state index contributed by atoms with van der Waals surface area (Å²) in [6, 6.07) is 0.812. The highest BCUT2D eigenvalue weighted by atomic mass is 19.4. The number of alkyl halides is 9. The zero-order valence-electron chi connectivity index (χ0n) is 11.8. The Labute approximate surface area is 130 Å². The first-order valence-corrected chi connectivity index (χ1v) is 6.42. The molecule has 0 aliphatic carbocycles. The molecule has 0 amide bonds. The lowest BCUT2D eigenvalue weighted by Crippen LogP contribution is -2.15. The third kappa shape index (κ3) is 7.09. The molecule has 1 heterocycles. The van der Waals surface area contributed by atoms with E-state index in [1.165, 1.54) is 0 Å². The van der Waals surface area contributed by atoms with Crippen molar-refractivity contribution in [2.45, 2.75) is 31.4 Å². The largest absolute Gasteiger partial charge is 0.433 e. The van der Waals surface area contributed by atoms with E-state index >= 15 is 0 Å². The van der Waals surface area contributed by atoms with Gasteiger partial charge in [-0.3, -0.25) is 0 Å². The molecule has 0 aromatic carbocycles. The Bertz CT molecular complexity index is 538. The van der Waals surface area contributed by atoms with E-state index in [1.807, 2.05) is 0 Å². The molecule has 0 fully saturated rings. The molecule has 1 rings (SSSR count). The van der Waals surface area contributed by atoms with Crippen molar-refractivity contribution >= 4 is 6.08 Å². The van der Waals surface area contributed by atoms with Crippen molar-refractivity contribution in [1.82, 2.24) is 10.3 Å². The maximum atomic E-state index is 12.6. The number of aromatic nitrogens is 1. The molecule has 24 heavy (non-hydrogen) atoms. The second kappa shape index (κ2) is 7.31. The minimum atomic E-state index is -5.07.